The van der Waals surface area contributed by atoms with Gasteiger partial charge in [-0.2, -0.15) is 0 Å². The number of carbonyl (C=O) groups excluding carboxylic acids is 2. The molecule has 1 fully saturated rings. The Kier molecular flexibility index (Phi) is 4.39. The average Bonchev–Trinajstić information content (AvgIpc) is 2.41. The first-order chi connectivity index (χ1) is 8.70. The van der Waals surface area contributed by atoms with Crippen LogP contribution in [0.15, 0.2) is 30.3 Å². The first-order valence-corrected chi connectivity index (χ1v) is 7.51. The third kappa shape index (κ3) is 3.12. The van der Waals surface area contributed by atoms with E-state index in [2.05, 4.69) is 16.9 Å². The average molecular weight is 313 g/mol. The van der Waals surface area contributed by atoms with E-state index < -0.39 is 17.9 Å². The van der Waals surface area contributed by atoms with E-state index in [1.165, 1.54) is 11.6 Å². The summed E-state index contributed by atoms with van der Waals surface area (Å²) in [6, 6.07) is 10.1. The molecule has 0 N–H and O–H groups in total. The van der Waals surface area contributed by atoms with Gasteiger partial charge < -0.3 is 0 Å². The first-order valence-electron chi connectivity index (χ1n) is 5.67. The molecule has 0 amide bonds. The van der Waals surface area contributed by atoms with Gasteiger partial charge in [-0.3, -0.25) is 0 Å². The number of carbonyl (C=O) groups is 2. The van der Waals surface area contributed by atoms with Crippen molar-refractivity contribution in [1.29, 1.82) is 0 Å². The van der Waals surface area contributed by atoms with Gasteiger partial charge in [-0.25, -0.2) is 0 Å². The van der Waals surface area contributed by atoms with Gasteiger partial charge in [-0.15, -0.1) is 0 Å². The minimum absolute atomic E-state index is 0.203. The van der Waals surface area contributed by atoms with Crippen LogP contribution in [-0.4, -0.2) is 40.6 Å². The van der Waals surface area contributed by atoms with Crippen LogP contribution in [0.25, 0.3) is 0 Å². The molecule has 0 saturated carbocycles. The maximum atomic E-state index is 11.5. The predicted octanol–water partition coefficient (Wildman–Crippen LogP) is 0.541. The zero-order valence-electron chi connectivity index (χ0n) is 10.00. The van der Waals surface area contributed by atoms with Gasteiger partial charge in [0.1, 0.15) is 0 Å². The van der Waals surface area contributed by atoms with Crippen LogP contribution >= 0.6 is 0 Å². The zero-order chi connectivity index (χ0) is 13.0. The Bertz CT molecular complexity index is 424. The fourth-order valence-electron chi connectivity index (χ4n) is 1.81. The van der Waals surface area contributed by atoms with Crippen molar-refractivity contribution in [2.75, 3.05) is 13.7 Å². The molecule has 2 atom stereocenters. The van der Waals surface area contributed by atoms with E-state index in [1.54, 1.807) is 0 Å². The number of ether oxygens (including phenoxy) is 2. The molecule has 1 heterocycles. The number of benzene rings is 1. The molecule has 1 saturated heterocycles. The van der Waals surface area contributed by atoms with Gasteiger partial charge in [0.05, 0.1) is 0 Å². The Morgan fingerprint density at radius 3 is 2.78 bits per heavy atom. The summed E-state index contributed by atoms with van der Waals surface area (Å²) >= 11 is 0.203. The van der Waals surface area contributed by atoms with Crippen LogP contribution in [0.5, 0.6) is 0 Å². The van der Waals surface area contributed by atoms with E-state index in [1.807, 2.05) is 18.2 Å². The fourth-order valence-corrected chi connectivity index (χ4v) is 4.17. The molecule has 0 radical (unpaired) electrons. The van der Waals surface area contributed by atoms with Crippen molar-refractivity contribution in [2.24, 2.45) is 5.92 Å². The van der Waals surface area contributed by atoms with E-state index in [9.17, 15) is 9.59 Å². The second kappa shape index (κ2) is 6.03. The summed E-state index contributed by atoms with van der Waals surface area (Å²) in [6.07, 6.45) is 0.528. The summed E-state index contributed by atoms with van der Waals surface area (Å²) < 4.78 is 10.9. The molecule has 2 unspecified atom stereocenters. The van der Waals surface area contributed by atoms with Gasteiger partial charge in [0, 0.05) is 0 Å². The summed E-state index contributed by atoms with van der Waals surface area (Å²) in [6.45, 7) is 0.404. The third-order valence-corrected chi connectivity index (χ3v) is 5.26. The Morgan fingerprint density at radius 2 is 2.11 bits per heavy atom. The van der Waals surface area contributed by atoms with Gasteiger partial charge in [-0.05, 0) is 0 Å². The molecule has 0 aromatic heterocycles. The Balaban J connectivity index is 1.99. The Morgan fingerprint density at radius 1 is 1.39 bits per heavy atom. The predicted molar refractivity (Wildman–Crippen MR) is 66.7 cm³/mol. The summed E-state index contributed by atoms with van der Waals surface area (Å²) in [7, 11) is 1.29. The van der Waals surface area contributed by atoms with E-state index >= 15 is 0 Å². The standard InChI is InChI=1S/C13H14O4Se/c1-16-12(14)11-7-10(8-17-13(11)15)18-9-5-3-2-4-6-9/h2-6,10-11H,7-8H2,1H3. The van der Waals surface area contributed by atoms with Gasteiger partial charge in [0.15, 0.2) is 0 Å². The molecule has 0 aliphatic carbocycles. The molecular weight excluding hydrogens is 299 g/mol. The van der Waals surface area contributed by atoms with Crippen LogP contribution in [0.3, 0.4) is 0 Å². The normalized spacial score (nSPS) is 23.3. The molecular formula is C13H14O4Se. The molecule has 0 spiro atoms. The molecule has 1 aromatic carbocycles. The van der Waals surface area contributed by atoms with Gasteiger partial charge >= 0.3 is 112 Å². The molecule has 5 heteroatoms. The topological polar surface area (TPSA) is 52.6 Å². The van der Waals surface area contributed by atoms with E-state index in [0.29, 0.717) is 13.0 Å². The summed E-state index contributed by atoms with van der Waals surface area (Å²) in [5.41, 5.74) is 0. The van der Waals surface area contributed by atoms with Gasteiger partial charge in [0.25, 0.3) is 0 Å². The van der Waals surface area contributed by atoms with E-state index in [0.717, 1.165) is 0 Å². The molecule has 1 aromatic rings. The maximum absolute atomic E-state index is 11.5. The van der Waals surface area contributed by atoms with E-state index in [4.69, 9.17) is 4.74 Å². The molecule has 1 aliphatic rings. The van der Waals surface area contributed by atoms with Crippen LogP contribution in [0.2, 0.25) is 4.82 Å². The Labute approximate surface area is 112 Å². The Hall–Kier alpha value is -1.32. The van der Waals surface area contributed by atoms with Gasteiger partial charge in [0.2, 0.25) is 0 Å². The second-order valence-electron chi connectivity index (χ2n) is 3.99. The summed E-state index contributed by atoms with van der Waals surface area (Å²) in [5.74, 6) is -1.70. The number of esters is 2. The minimum atomic E-state index is -0.751. The molecule has 96 valence electrons. The number of cyclic esters (lactones) is 1. The van der Waals surface area contributed by atoms with Crippen molar-refractivity contribution < 1.29 is 19.1 Å². The van der Waals surface area contributed by atoms with Crippen LogP contribution in [-0.2, 0) is 19.1 Å². The number of hydrogen-bond acceptors (Lipinski definition) is 4. The van der Waals surface area contributed by atoms with Crippen LogP contribution in [0.1, 0.15) is 6.42 Å². The number of rotatable bonds is 3. The number of hydrogen-bond donors (Lipinski definition) is 0. The van der Waals surface area contributed by atoms with Crippen molar-refractivity contribution in [3.8, 4) is 0 Å². The van der Waals surface area contributed by atoms with Crippen molar-refractivity contribution in [2.45, 2.75) is 11.2 Å². The quantitative estimate of drug-likeness (QED) is 0.464. The molecule has 0 bridgehead atoms. The van der Waals surface area contributed by atoms with Crippen molar-refractivity contribution in [3.63, 3.8) is 0 Å². The number of methoxy groups -OCH3 is 1. The molecule has 1 aliphatic heterocycles. The van der Waals surface area contributed by atoms with Crippen LogP contribution < -0.4 is 4.46 Å². The summed E-state index contributed by atoms with van der Waals surface area (Å²) in [5, 5.41) is 0. The third-order valence-electron chi connectivity index (χ3n) is 2.73. The zero-order valence-corrected chi connectivity index (χ0v) is 11.7. The monoisotopic (exact) mass is 314 g/mol. The second-order valence-corrected chi connectivity index (χ2v) is 6.88. The van der Waals surface area contributed by atoms with Crippen molar-refractivity contribution in [1.82, 2.24) is 0 Å². The van der Waals surface area contributed by atoms with Crippen molar-refractivity contribution in [3.05, 3.63) is 30.3 Å². The van der Waals surface area contributed by atoms with Crippen LogP contribution in [0, 0.1) is 5.92 Å². The van der Waals surface area contributed by atoms with Gasteiger partial charge in [-0.1, -0.05) is 0 Å². The van der Waals surface area contributed by atoms with Crippen molar-refractivity contribution >= 4 is 31.4 Å². The van der Waals surface area contributed by atoms with E-state index in [-0.39, 0.29) is 19.8 Å². The van der Waals surface area contributed by atoms with Crippen LogP contribution in [0.4, 0.5) is 0 Å². The molecule has 18 heavy (non-hydrogen) atoms. The SMILES string of the molecule is COC(=O)C1CC([Se]c2ccccc2)COC1=O. The first kappa shape index (κ1) is 13.1. The molecule has 2 rings (SSSR count). The summed E-state index contributed by atoms with van der Waals surface area (Å²) in [4.78, 5) is 23.2. The molecule has 4 nitrogen and oxygen atoms in total. The fraction of sp³-hybridized carbons (Fsp3) is 0.385.